The van der Waals surface area contributed by atoms with Crippen LogP contribution in [-0.2, 0) is 4.74 Å². The number of halogens is 1. The predicted octanol–water partition coefficient (Wildman–Crippen LogP) is 0.850. The lowest BCUT2D eigenvalue weighted by molar-refractivity contribution is -0.903. The van der Waals surface area contributed by atoms with E-state index in [0.29, 0.717) is 0 Å². The zero-order valence-electron chi connectivity index (χ0n) is 17.8. The van der Waals surface area contributed by atoms with Crippen LogP contribution in [0.25, 0.3) is 5.76 Å². The molecule has 0 amide bonds. The minimum Gasteiger partial charge on any atom is -1.00 e. The highest BCUT2D eigenvalue weighted by Crippen LogP contribution is 2.45. The highest BCUT2D eigenvalue weighted by atomic mass is 35.5. The van der Waals surface area contributed by atoms with Crippen molar-refractivity contribution in [2.75, 3.05) is 32.8 Å². The molecule has 0 radical (unpaired) electrons. The number of aryl methyl sites for hydroxylation is 1. The zero-order valence-corrected chi connectivity index (χ0v) is 18.6. The van der Waals surface area contributed by atoms with Crippen molar-refractivity contribution < 1.29 is 26.8 Å². The van der Waals surface area contributed by atoms with E-state index in [1.165, 1.54) is 22.3 Å². The molecule has 2 aliphatic rings. The van der Waals surface area contributed by atoms with Crippen molar-refractivity contribution in [3.05, 3.63) is 107 Å². The smallest absolute Gasteiger partial charge is 0.140 e. The Bertz CT molecular complexity index is 1040. The van der Waals surface area contributed by atoms with Gasteiger partial charge in [-0.15, -0.1) is 0 Å². The van der Waals surface area contributed by atoms with Gasteiger partial charge in [0.05, 0.1) is 13.2 Å². The van der Waals surface area contributed by atoms with Crippen LogP contribution in [0.15, 0.2) is 84.4 Å². The van der Waals surface area contributed by atoms with Gasteiger partial charge in [-0.1, -0.05) is 78.4 Å². The van der Waals surface area contributed by atoms with E-state index in [2.05, 4.69) is 85.8 Å². The second-order valence-electron chi connectivity index (χ2n) is 8.24. The molecule has 0 aliphatic carbocycles. The second-order valence-corrected chi connectivity index (χ2v) is 8.24. The van der Waals surface area contributed by atoms with E-state index in [-0.39, 0.29) is 18.3 Å². The maximum atomic E-state index is 6.58. The van der Waals surface area contributed by atoms with E-state index in [1.807, 2.05) is 0 Å². The van der Waals surface area contributed by atoms with E-state index in [9.17, 15) is 0 Å². The quantitative estimate of drug-likeness (QED) is 0.659. The number of ether oxygens (including phenoxy) is 2. The molecule has 1 fully saturated rings. The van der Waals surface area contributed by atoms with Crippen molar-refractivity contribution in [1.82, 2.24) is 0 Å². The largest absolute Gasteiger partial charge is 1.00 e. The molecule has 1 saturated heterocycles. The van der Waals surface area contributed by atoms with E-state index in [0.717, 1.165) is 49.9 Å². The van der Waals surface area contributed by atoms with E-state index >= 15 is 0 Å². The first-order chi connectivity index (χ1) is 14.8. The van der Waals surface area contributed by atoms with Crippen LogP contribution in [0, 0.1) is 6.92 Å². The summed E-state index contributed by atoms with van der Waals surface area (Å²) in [4.78, 5) is 1.56. The van der Waals surface area contributed by atoms with Crippen LogP contribution < -0.4 is 22.0 Å². The van der Waals surface area contributed by atoms with Crippen molar-refractivity contribution in [1.29, 1.82) is 0 Å². The van der Waals surface area contributed by atoms with Crippen LogP contribution in [0.4, 0.5) is 0 Å². The summed E-state index contributed by atoms with van der Waals surface area (Å²) in [5, 5.41) is 0. The van der Waals surface area contributed by atoms with Gasteiger partial charge in [0.1, 0.15) is 31.1 Å². The fraction of sp³-hybridized carbons (Fsp3) is 0.259. The average Bonchev–Trinajstić information content (AvgIpc) is 2.81. The SMILES string of the molecule is Cc1ccc(C2C(C[NH+]3CCOCC3)=C(c3ccccc3)Oc3ccccc32)cc1.[Cl-]. The molecule has 31 heavy (non-hydrogen) atoms. The highest BCUT2D eigenvalue weighted by Gasteiger charge is 2.34. The number of morpholine rings is 1. The van der Waals surface area contributed by atoms with Crippen LogP contribution in [0.1, 0.15) is 28.2 Å². The molecule has 4 heteroatoms. The molecule has 5 rings (SSSR count). The summed E-state index contributed by atoms with van der Waals surface area (Å²) in [5.41, 5.74) is 6.37. The molecule has 3 aromatic rings. The molecule has 2 aliphatic heterocycles. The van der Waals surface area contributed by atoms with Crippen molar-refractivity contribution in [3.63, 3.8) is 0 Å². The Balaban J connectivity index is 0.00000231. The second kappa shape index (κ2) is 9.69. The summed E-state index contributed by atoms with van der Waals surface area (Å²) >= 11 is 0. The molecule has 3 nitrogen and oxygen atoms in total. The number of benzene rings is 3. The minimum absolute atomic E-state index is 0. The summed E-state index contributed by atoms with van der Waals surface area (Å²) in [6, 6.07) is 28.0. The Morgan fingerprint density at radius 3 is 2.26 bits per heavy atom. The number of nitrogens with one attached hydrogen (secondary N) is 1. The number of quaternary nitrogens is 1. The predicted molar refractivity (Wildman–Crippen MR) is 120 cm³/mol. The standard InChI is InChI=1S/C27H27NO2.ClH/c1-20-11-13-21(14-12-20)26-23-9-5-6-10-25(23)30-27(22-7-3-2-4-8-22)24(26)19-28-15-17-29-18-16-28;/h2-14,26H,15-19H2,1H3;1H. The minimum atomic E-state index is 0. The Morgan fingerprint density at radius 2 is 1.52 bits per heavy atom. The van der Waals surface area contributed by atoms with Gasteiger partial charge in [0, 0.05) is 22.6 Å². The molecule has 0 saturated carbocycles. The maximum Gasteiger partial charge on any atom is 0.140 e. The third-order valence-electron chi connectivity index (χ3n) is 6.17. The maximum absolute atomic E-state index is 6.58. The Labute approximate surface area is 190 Å². The van der Waals surface area contributed by atoms with Gasteiger partial charge in [-0.25, -0.2) is 0 Å². The first kappa shape index (κ1) is 21.6. The lowest BCUT2D eigenvalue weighted by Crippen LogP contribution is -3.14. The van der Waals surface area contributed by atoms with E-state index in [1.54, 1.807) is 4.90 Å². The monoisotopic (exact) mass is 433 g/mol. The summed E-state index contributed by atoms with van der Waals surface area (Å²) in [6.07, 6.45) is 0. The van der Waals surface area contributed by atoms with Gasteiger partial charge >= 0.3 is 0 Å². The highest BCUT2D eigenvalue weighted by molar-refractivity contribution is 5.72. The van der Waals surface area contributed by atoms with Gasteiger partial charge < -0.3 is 26.8 Å². The first-order valence-electron chi connectivity index (χ1n) is 10.8. The number of hydrogen-bond acceptors (Lipinski definition) is 2. The van der Waals surface area contributed by atoms with Crippen molar-refractivity contribution >= 4 is 5.76 Å². The molecule has 160 valence electrons. The zero-order chi connectivity index (χ0) is 20.3. The molecule has 3 aromatic carbocycles. The molecule has 0 spiro atoms. The van der Waals surface area contributed by atoms with Gasteiger partial charge in [-0.05, 0) is 18.6 Å². The third kappa shape index (κ3) is 4.54. The molecule has 1 unspecified atom stereocenters. The average molecular weight is 434 g/mol. The van der Waals surface area contributed by atoms with Crippen molar-refractivity contribution in [3.8, 4) is 5.75 Å². The lowest BCUT2D eigenvalue weighted by atomic mass is 9.80. The molecular formula is C27H28ClNO2. The number of hydrogen-bond donors (Lipinski definition) is 1. The van der Waals surface area contributed by atoms with Crippen LogP contribution in [-0.4, -0.2) is 32.8 Å². The van der Waals surface area contributed by atoms with Crippen molar-refractivity contribution in [2.45, 2.75) is 12.8 Å². The van der Waals surface area contributed by atoms with Crippen molar-refractivity contribution in [2.24, 2.45) is 0 Å². The van der Waals surface area contributed by atoms with E-state index < -0.39 is 0 Å². The molecule has 0 bridgehead atoms. The number of fused-ring (bicyclic) bond motifs is 1. The van der Waals surface area contributed by atoms with Gasteiger partial charge in [-0.3, -0.25) is 0 Å². The molecule has 1 N–H and O–H groups in total. The van der Waals surface area contributed by atoms with Crippen LogP contribution in [0.2, 0.25) is 0 Å². The summed E-state index contributed by atoms with van der Waals surface area (Å²) in [7, 11) is 0. The first-order valence-corrected chi connectivity index (χ1v) is 10.8. The van der Waals surface area contributed by atoms with Crippen LogP contribution >= 0.6 is 0 Å². The van der Waals surface area contributed by atoms with E-state index in [4.69, 9.17) is 9.47 Å². The lowest BCUT2D eigenvalue weighted by Gasteiger charge is -2.34. The Morgan fingerprint density at radius 1 is 0.839 bits per heavy atom. The number of para-hydroxylation sites is 1. The van der Waals surface area contributed by atoms with Crippen LogP contribution in [0.5, 0.6) is 5.75 Å². The summed E-state index contributed by atoms with van der Waals surface area (Å²) < 4.78 is 12.2. The Hall–Kier alpha value is -2.59. The van der Waals surface area contributed by atoms with Crippen LogP contribution in [0.3, 0.4) is 0 Å². The van der Waals surface area contributed by atoms with Gasteiger partial charge in [0.15, 0.2) is 0 Å². The van der Waals surface area contributed by atoms with Gasteiger partial charge in [0.25, 0.3) is 0 Å². The molecule has 1 atom stereocenters. The topological polar surface area (TPSA) is 22.9 Å². The van der Waals surface area contributed by atoms with Gasteiger partial charge in [-0.2, -0.15) is 0 Å². The summed E-state index contributed by atoms with van der Waals surface area (Å²) in [5.74, 6) is 2.17. The van der Waals surface area contributed by atoms with Gasteiger partial charge in [0.2, 0.25) is 0 Å². The summed E-state index contributed by atoms with van der Waals surface area (Å²) in [6.45, 7) is 6.83. The fourth-order valence-electron chi connectivity index (χ4n) is 4.57. The molecule has 0 aromatic heterocycles. The number of rotatable bonds is 4. The third-order valence-corrected chi connectivity index (χ3v) is 6.17. The Kier molecular flexibility index (Phi) is 6.77. The fourth-order valence-corrected chi connectivity index (χ4v) is 4.57. The normalized spacial score (nSPS) is 18.7. The molecule has 2 heterocycles. The molecular weight excluding hydrogens is 406 g/mol.